The summed E-state index contributed by atoms with van der Waals surface area (Å²) in [6.45, 7) is 3.57. The fourth-order valence-corrected chi connectivity index (χ4v) is 10.5. The summed E-state index contributed by atoms with van der Waals surface area (Å²) in [6, 6.07) is 1.21. The fourth-order valence-electron chi connectivity index (χ4n) is 10.3. The van der Waals surface area contributed by atoms with Crippen LogP contribution in [-0.4, -0.2) is 124 Å². The molecule has 10 rings (SSSR count). The van der Waals surface area contributed by atoms with Crippen molar-refractivity contribution < 1.29 is 94.9 Å². The van der Waals surface area contributed by atoms with Gasteiger partial charge in [-0.1, -0.05) is 43.6 Å². The Morgan fingerprint density at radius 3 is 1.88 bits per heavy atom. The highest BCUT2D eigenvalue weighted by Gasteiger charge is 2.43. The number of carbonyl (C=O) groups excluding carboxylic acids is 8. The number of nitrogens with one attached hydrogen (secondary N) is 7. The zero-order valence-corrected chi connectivity index (χ0v) is 49.1. The van der Waals surface area contributed by atoms with E-state index in [0.29, 0.717) is 6.07 Å². The van der Waals surface area contributed by atoms with Crippen molar-refractivity contribution in [1.29, 1.82) is 0 Å². The number of hydrogen-bond acceptors (Lipinski definition) is 18. The van der Waals surface area contributed by atoms with Gasteiger partial charge in [0.1, 0.15) is 71.2 Å². The molecule has 468 valence electrons. The monoisotopic (exact) mass is 1250 g/mol. The summed E-state index contributed by atoms with van der Waals surface area (Å²) in [6.07, 6.45) is -10.6. The van der Waals surface area contributed by atoms with Gasteiger partial charge >= 0.3 is 12.1 Å². The van der Waals surface area contributed by atoms with Gasteiger partial charge in [-0.05, 0) is 96.2 Å². The van der Waals surface area contributed by atoms with Crippen molar-refractivity contribution >= 4 is 58.9 Å². The van der Waals surface area contributed by atoms with Gasteiger partial charge in [0.05, 0.1) is 58.6 Å². The highest BCUT2D eigenvalue weighted by molar-refractivity contribution is 6.32. The van der Waals surface area contributed by atoms with E-state index in [1.807, 2.05) is 0 Å². The lowest BCUT2D eigenvalue weighted by Gasteiger charge is -2.32. The zero-order chi connectivity index (χ0) is 64.2. The number of aliphatic hydroxyl groups excluding tert-OH is 2. The Morgan fingerprint density at radius 2 is 1.28 bits per heavy atom. The molecule has 5 aliphatic heterocycles. The Balaban J connectivity index is 1.42. The number of esters is 1. The van der Waals surface area contributed by atoms with Crippen LogP contribution in [0.25, 0.3) is 11.1 Å². The van der Waals surface area contributed by atoms with Crippen LogP contribution in [0, 0.1) is 5.92 Å². The highest BCUT2D eigenvalue weighted by Crippen LogP contribution is 2.49. The molecule has 0 radical (unpaired) electrons. The molecule has 5 aliphatic rings. The molecule has 0 aromatic heterocycles. The first-order valence-electron chi connectivity index (χ1n) is 27.0. The number of rotatable bonds is 12. The van der Waals surface area contributed by atoms with Gasteiger partial charge in [0, 0.05) is 22.8 Å². The van der Waals surface area contributed by atoms with E-state index in [9.17, 15) is 34.2 Å². The molecule has 7 amide bonds. The van der Waals surface area contributed by atoms with Crippen molar-refractivity contribution in [1.82, 2.24) is 37.2 Å². The number of benzene rings is 5. The first-order chi connectivity index (χ1) is 41.7. The third-order valence-corrected chi connectivity index (χ3v) is 15.0. The Bertz CT molecular complexity index is 3590. The standard InChI is InChI=1S/C59H62ClF3N8O17/c1-24(2)15-34(65-3)52(75)70-47-49(73)26-10-13-37(32(17-26)59(61,62)63)87-40-19-28-20-41(51(40)85-7)88-38-14-11-27(18-33(38)60)50(74)48-57(80)69-46(58(81)86-8)31-21-29(82-4)22-39(84-6)43(31)30-16-25(9-12-36(30)83-5)44(54(77)71-48)68-55(78)45(28)67-53(76)35(23-42(64)72)66-56(47)79/h9-14,16-22,24,34-35,44-50,65,73-74H,15,23H2,1-8H3,(H2,64,72)(H,66,79)(H,67,76)(H,68,78)(H,69,80)(H,70,75)(H,71,77)/t34-,35+,44-,45-,46+,47-,48+,49-,50-/m1/s1. The summed E-state index contributed by atoms with van der Waals surface area (Å²) in [5.74, 6) is -12.6. The lowest BCUT2D eigenvalue weighted by atomic mass is 9.89. The first kappa shape index (κ1) is 64.6. The average Bonchev–Trinajstić information content (AvgIpc) is 1.83. The molecule has 0 aliphatic carbocycles. The predicted octanol–water partition coefficient (Wildman–Crippen LogP) is 4.06. The van der Waals surface area contributed by atoms with Crippen LogP contribution in [0.3, 0.4) is 0 Å². The number of amides is 7. The summed E-state index contributed by atoms with van der Waals surface area (Å²) < 4.78 is 86.8. The van der Waals surface area contributed by atoms with Crippen LogP contribution in [0.5, 0.6) is 46.0 Å². The van der Waals surface area contributed by atoms with Gasteiger partial charge < -0.3 is 86.3 Å². The molecule has 0 saturated heterocycles. The SMILES string of the molecule is CN[C@H](CC(C)C)C(=O)N[C@H]1C(=O)N[C@@H](CC(N)=O)C(=O)N[C@H]2C(=O)N[C@H]3C(=O)N[C@H](C(=O)N[C@H](C(=O)OC)c4cc(OC)cc(OC)c4-c4cc3ccc4OC)[C@H](O)c3ccc(c(Cl)c3)Oc3cc2cc(c3OC)Oc2ccc(cc2C(F)(F)F)[C@H]1O. The molecule has 0 unspecified atom stereocenters. The maximum atomic E-state index is 15.7. The Morgan fingerprint density at radius 1 is 0.670 bits per heavy atom. The van der Waals surface area contributed by atoms with E-state index in [0.717, 1.165) is 44.6 Å². The third kappa shape index (κ3) is 13.6. The second-order valence-corrected chi connectivity index (χ2v) is 21.3. The van der Waals surface area contributed by atoms with E-state index < -0.39 is 154 Å². The highest BCUT2D eigenvalue weighted by atomic mass is 35.5. The normalized spacial score (nSPS) is 21.5. The summed E-state index contributed by atoms with van der Waals surface area (Å²) in [7, 11) is 7.46. The number of fused-ring (bicyclic) bond motifs is 15. The van der Waals surface area contributed by atoms with Crippen molar-refractivity contribution in [3.05, 3.63) is 117 Å². The quantitative estimate of drug-likeness (QED) is 0.0787. The van der Waals surface area contributed by atoms with E-state index in [1.165, 1.54) is 70.8 Å². The lowest BCUT2D eigenvalue weighted by Crippen LogP contribution is -2.59. The molecule has 0 saturated carbocycles. The Kier molecular flexibility index (Phi) is 19.6. The molecular weight excluding hydrogens is 1190 g/mol. The zero-order valence-electron chi connectivity index (χ0n) is 48.3. The maximum Gasteiger partial charge on any atom is 0.419 e. The summed E-state index contributed by atoms with van der Waals surface area (Å²) in [4.78, 5) is 116. The van der Waals surface area contributed by atoms with Crippen LogP contribution in [0.4, 0.5) is 13.2 Å². The van der Waals surface area contributed by atoms with Crippen LogP contribution >= 0.6 is 11.6 Å². The number of alkyl halides is 3. The van der Waals surface area contributed by atoms with Crippen molar-refractivity contribution in [2.75, 3.05) is 42.6 Å². The smallest absolute Gasteiger partial charge is 0.419 e. The number of halogens is 4. The number of carbonyl (C=O) groups is 8. The van der Waals surface area contributed by atoms with Gasteiger partial charge in [0.2, 0.25) is 47.1 Å². The van der Waals surface area contributed by atoms with E-state index in [1.54, 1.807) is 13.8 Å². The molecule has 88 heavy (non-hydrogen) atoms. The van der Waals surface area contributed by atoms with Crippen LogP contribution in [-0.2, 0) is 49.3 Å². The van der Waals surface area contributed by atoms with Gasteiger partial charge in [-0.15, -0.1) is 0 Å². The second-order valence-electron chi connectivity index (χ2n) is 20.9. The minimum Gasteiger partial charge on any atom is -0.497 e. The number of methoxy groups -OCH3 is 5. The summed E-state index contributed by atoms with van der Waals surface area (Å²) in [5, 5.41) is 41.4. The summed E-state index contributed by atoms with van der Waals surface area (Å²) >= 11 is 6.87. The molecular formula is C59H62ClF3N8O17. The molecule has 11 N–H and O–H groups in total. The number of primary amides is 1. The molecule has 0 spiro atoms. The van der Waals surface area contributed by atoms with Crippen molar-refractivity contribution in [2.45, 2.75) is 87.4 Å². The van der Waals surface area contributed by atoms with Crippen LogP contribution < -0.4 is 71.4 Å². The van der Waals surface area contributed by atoms with Crippen LogP contribution in [0.2, 0.25) is 5.02 Å². The molecule has 0 fully saturated rings. The Hall–Kier alpha value is -9.38. The van der Waals surface area contributed by atoms with E-state index in [4.69, 9.17) is 50.5 Å². The molecule has 25 nitrogen and oxygen atoms in total. The van der Waals surface area contributed by atoms with Crippen LogP contribution in [0.1, 0.15) is 90.4 Å². The molecule has 5 aromatic carbocycles. The molecule has 5 heterocycles. The van der Waals surface area contributed by atoms with Crippen molar-refractivity contribution in [2.24, 2.45) is 11.7 Å². The van der Waals surface area contributed by atoms with E-state index in [2.05, 4.69) is 37.2 Å². The van der Waals surface area contributed by atoms with Gasteiger partial charge in [-0.25, -0.2) is 4.79 Å². The molecule has 11 bridgehead atoms. The minimum absolute atomic E-state index is 0.00698. The predicted molar refractivity (Wildman–Crippen MR) is 304 cm³/mol. The minimum atomic E-state index is -5.30. The number of likely N-dealkylation sites (N-methyl/N-ethyl adjacent to an activating group) is 1. The number of nitrogens with two attached hydrogens (primary N) is 1. The fraction of sp³-hybridized carbons (Fsp3) is 0.356. The molecule has 9 atom stereocenters. The van der Waals surface area contributed by atoms with Gasteiger partial charge in [0.25, 0.3) is 0 Å². The lowest BCUT2D eigenvalue weighted by molar-refractivity contribution is -0.146. The van der Waals surface area contributed by atoms with E-state index in [-0.39, 0.29) is 68.2 Å². The topological polar surface area (TPSA) is 352 Å². The molecule has 29 heteroatoms. The largest absolute Gasteiger partial charge is 0.497 e. The summed E-state index contributed by atoms with van der Waals surface area (Å²) in [5.41, 5.74) is 2.87. The Labute approximate surface area is 505 Å². The average molecular weight is 1250 g/mol. The first-order valence-corrected chi connectivity index (χ1v) is 27.4. The number of ether oxygens (including phenoxy) is 7. The van der Waals surface area contributed by atoms with Gasteiger partial charge in [0.15, 0.2) is 17.5 Å². The number of hydrogen-bond donors (Lipinski definition) is 10. The van der Waals surface area contributed by atoms with Crippen LogP contribution in [0.15, 0.2) is 78.9 Å². The molecule has 5 aromatic rings. The maximum absolute atomic E-state index is 15.7. The second kappa shape index (κ2) is 26.7. The van der Waals surface area contributed by atoms with Crippen molar-refractivity contribution in [3.8, 4) is 57.1 Å². The third-order valence-electron chi connectivity index (χ3n) is 14.7. The van der Waals surface area contributed by atoms with Gasteiger partial charge in [-0.3, -0.25) is 33.6 Å². The number of aliphatic hydroxyl groups is 2. The van der Waals surface area contributed by atoms with Crippen molar-refractivity contribution in [3.63, 3.8) is 0 Å². The van der Waals surface area contributed by atoms with E-state index >= 15 is 27.6 Å². The van der Waals surface area contributed by atoms with Gasteiger partial charge in [-0.2, -0.15) is 13.2 Å².